The summed E-state index contributed by atoms with van der Waals surface area (Å²) in [6.45, 7) is 6.61. The lowest BCUT2D eigenvalue weighted by atomic mass is 9.85. The van der Waals surface area contributed by atoms with Crippen molar-refractivity contribution in [3.05, 3.63) is 16.4 Å². The van der Waals surface area contributed by atoms with Gasteiger partial charge in [0, 0.05) is 25.0 Å². The van der Waals surface area contributed by atoms with Crippen LogP contribution < -0.4 is 5.32 Å². The summed E-state index contributed by atoms with van der Waals surface area (Å²) in [5, 5.41) is 8.80. The van der Waals surface area contributed by atoms with Crippen molar-refractivity contribution in [2.45, 2.75) is 51.6 Å². The van der Waals surface area contributed by atoms with Crippen LogP contribution in [0.2, 0.25) is 5.02 Å². The van der Waals surface area contributed by atoms with Crippen LogP contribution in [0.1, 0.15) is 38.6 Å². The number of aromatic nitrogens is 2. The van der Waals surface area contributed by atoms with Crippen LogP contribution in [-0.2, 0) is 19.9 Å². The minimum atomic E-state index is 0.0781. The number of hydrogen-bond acceptors (Lipinski definition) is 3. The van der Waals surface area contributed by atoms with Crippen LogP contribution in [0.5, 0.6) is 0 Å². The number of aryl methyl sites for hydroxylation is 2. The average molecular weight is 301 g/mol. The largest absolute Gasteiger partial charge is 0.315 e. The maximum atomic E-state index is 6.48. The first-order valence-corrected chi connectivity index (χ1v) is 7.74. The molecule has 0 spiro atoms. The SMILES string of the molecule is CCc1nn(C)c(CC(NC)C(C)(CC)N(C)C)c1Cl. The van der Waals surface area contributed by atoms with E-state index in [2.05, 4.69) is 50.2 Å². The normalized spacial score (nSPS) is 16.4. The minimum absolute atomic E-state index is 0.0781. The summed E-state index contributed by atoms with van der Waals surface area (Å²) in [5.41, 5.74) is 2.18. The molecule has 1 heterocycles. The Balaban J connectivity index is 3.08. The topological polar surface area (TPSA) is 33.1 Å². The molecule has 20 heavy (non-hydrogen) atoms. The zero-order valence-corrected chi connectivity index (χ0v) is 14.7. The maximum absolute atomic E-state index is 6.48. The van der Waals surface area contributed by atoms with E-state index in [4.69, 9.17) is 11.6 Å². The van der Waals surface area contributed by atoms with Crippen molar-refractivity contribution < 1.29 is 0 Å². The van der Waals surface area contributed by atoms with Gasteiger partial charge in [-0.25, -0.2) is 0 Å². The van der Waals surface area contributed by atoms with Gasteiger partial charge in [0.25, 0.3) is 0 Å². The lowest BCUT2D eigenvalue weighted by Crippen LogP contribution is -2.57. The molecule has 0 aromatic carbocycles. The van der Waals surface area contributed by atoms with E-state index in [1.165, 1.54) is 0 Å². The Labute approximate surface area is 128 Å². The molecule has 0 aliphatic rings. The molecule has 2 unspecified atom stereocenters. The van der Waals surface area contributed by atoms with Crippen LogP contribution >= 0.6 is 11.6 Å². The molecule has 1 N–H and O–H groups in total. The summed E-state index contributed by atoms with van der Waals surface area (Å²) in [7, 11) is 8.27. The van der Waals surface area contributed by atoms with Crippen LogP contribution in [0.3, 0.4) is 0 Å². The van der Waals surface area contributed by atoms with Crippen LogP contribution in [0.15, 0.2) is 0 Å². The van der Waals surface area contributed by atoms with Crippen molar-refractivity contribution in [3.63, 3.8) is 0 Å². The summed E-state index contributed by atoms with van der Waals surface area (Å²) in [6, 6.07) is 0.320. The Morgan fingerprint density at radius 3 is 2.35 bits per heavy atom. The molecule has 0 saturated heterocycles. The first kappa shape index (κ1) is 17.5. The molecular weight excluding hydrogens is 272 g/mol. The highest BCUT2D eigenvalue weighted by Gasteiger charge is 2.35. The fourth-order valence-electron chi connectivity index (χ4n) is 2.74. The average Bonchev–Trinajstić information content (AvgIpc) is 2.69. The molecule has 5 heteroatoms. The Morgan fingerprint density at radius 1 is 1.40 bits per heavy atom. The molecular formula is C15H29ClN4. The molecule has 116 valence electrons. The number of likely N-dealkylation sites (N-methyl/N-ethyl adjacent to an activating group) is 2. The highest BCUT2D eigenvalue weighted by molar-refractivity contribution is 6.31. The van der Waals surface area contributed by atoms with Crippen molar-refractivity contribution in [3.8, 4) is 0 Å². The zero-order chi connectivity index (χ0) is 15.5. The molecule has 0 aliphatic carbocycles. The highest BCUT2D eigenvalue weighted by atomic mass is 35.5. The lowest BCUT2D eigenvalue weighted by molar-refractivity contribution is 0.115. The first-order chi connectivity index (χ1) is 9.31. The molecule has 0 amide bonds. The number of nitrogens with one attached hydrogen (secondary N) is 1. The Hall–Kier alpha value is -0.580. The predicted molar refractivity (Wildman–Crippen MR) is 86.5 cm³/mol. The van der Waals surface area contributed by atoms with E-state index in [1.807, 2.05) is 18.8 Å². The number of hydrogen-bond donors (Lipinski definition) is 1. The van der Waals surface area contributed by atoms with Gasteiger partial charge in [0.1, 0.15) is 0 Å². The van der Waals surface area contributed by atoms with Gasteiger partial charge in [-0.2, -0.15) is 5.10 Å². The van der Waals surface area contributed by atoms with Gasteiger partial charge in [0.15, 0.2) is 0 Å². The smallest absolute Gasteiger partial charge is 0.0850 e. The Kier molecular flexibility index (Phi) is 6.05. The van der Waals surface area contributed by atoms with Crippen LogP contribution in [-0.4, -0.2) is 47.4 Å². The van der Waals surface area contributed by atoms with E-state index in [1.54, 1.807) is 0 Å². The third kappa shape index (κ3) is 3.18. The summed E-state index contributed by atoms with van der Waals surface area (Å²) in [6.07, 6.45) is 2.82. The van der Waals surface area contributed by atoms with E-state index < -0.39 is 0 Å². The fourth-order valence-corrected chi connectivity index (χ4v) is 3.11. The molecule has 0 aliphatic heterocycles. The van der Waals surface area contributed by atoms with Crippen molar-refractivity contribution in [1.29, 1.82) is 0 Å². The highest BCUT2D eigenvalue weighted by Crippen LogP contribution is 2.28. The van der Waals surface area contributed by atoms with Gasteiger partial charge in [-0.05, 0) is 40.9 Å². The van der Waals surface area contributed by atoms with Gasteiger partial charge in [-0.15, -0.1) is 0 Å². The van der Waals surface area contributed by atoms with Gasteiger partial charge >= 0.3 is 0 Å². The predicted octanol–water partition coefficient (Wildman–Crippen LogP) is 2.50. The summed E-state index contributed by atoms with van der Waals surface area (Å²) in [4.78, 5) is 2.29. The molecule has 0 bridgehead atoms. The fraction of sp³-hybridized carbons (Fsp3) is 0.800. The molecule has 2 atom stereocenters. The van der Waals surface area contributed by atoms with E-state index >= 15 is 0 Å². The van der Waals surface area contributed by atoms with Gasteiger partial charge < -0.3 is 10.2 Å². The molecule has 4 nitrogen and oxygen atoms in total. The van der Waals surface area contributed by atoms with Crippen LogP contribution in [0, 0.1) is 0 Å². The molecule has 1 rings (SSSR count). The second-order valence-electron chi connectivity index (χ2n) is 5.84. The van der Waals surface area contributed by atoms with Crippen molar-refractivity contribution in [1.82, 2.24) is 20.0 Å². The molecule has 1 aromatic heterocycles. The second-order valence-corrected chi connectivity index (χ2v) is 6.21. The molecule has 0 fully saturated rings. The number of halogens is 1. The molecule has 0 radical (unpaired) electrons. The van der Waals surface area contributed by atoms with E-state index in [0.717, 1.165) is 35.7 Å². The summed E-state index contributed by atoms with van der Waals surface area (Å²) >= 11 is 6.48. The quantitative estimate of drug-likeness (QED) is 0.840. The summed E-state index contributed by atoms with van der Waals surface area (Å²) in [5.74, 6) is 0. The molecule has 0 saturated carbocycles. The Bertz CT molecular complexity index is 441. The maximum Gasteiger partial charge on any atom is 0.0850 e. The van der Waals surface area contributed by atoms with Gasteiger partial charge in [-0.1, -0.05) is 25.4 Å². The van der Waals surface area contributed by atoms with E-state index in [9.17, 15) is 0 Å². The molecule has 1 aromatic rings. The van der Waals surface area contributed by atoms with Crippen LogP contribution in [0.25, 0.3) is 0 Å². The van der Waals surface area contributed by atoms with Gasteiger partial charge in [0.05, 0.1) is 16.4 Å². The van der Waals surface area contributed by atoms with Crippen molar-refractivity contribution >= 4 is 11.6 Å². The summed E-state index contributed by atoms with van der Waals surface area (Å²) < 4.78 is 1.93. The zero-order valence-electron chi connectivity index (χ0n) is 13.9. The van der Waals surface area contributed by atoms with E-state index in [-0.39, 0.29) is 5.54 Å². The monoisotopic (exact) mass is 300 g/mol. The Morgan fingerprint density at radius 2 is 2.00 bits per heavy atom. The van der Waals surface area contributed by atoms with Gasteiger partial charge in [-0.3, -0.25) is 4.68 Å². The van der Waals surface area contributed by atoms with Crippen molar-refractivity contribution in [2.24, 2.45) is 7.05 Å². The number of rotatable bonds is 7. The standard InChI is InChI=1S/C15H29ClN4/c1-8-11-14(16)12(20(7)18-11)10-13(17-4)15(3,9-2)19(5)6/h13,17H,8-10H2,1-7H3. The lowest BCUT2D eigenvalue weighted by Gasteiger charge is -2.42. The first-order valence-electron chi connectivity index (χ1n) is 7.36. The van der Waals surface area contributed by atoms with Crippen LogP contribution in [0.4, 0.5) is 0 Å². The third-order valence-corrected chi connectivity index (χ3v) is 5.17. The van der Waals surface area contributed by atoms with E-state index in [0.29, 0.717) is 6.04 Å². The van der Waals surface area contributed by atoms with Gasteiger partial charge in [0.2, 0.25) is 0 Å². The van der Waals surface area contributed by atoms with Crippen molar-refractivity contribution in [2.75, 3.05) is 21.1 Å². The second kappa shape index (κ2) is 6.92. The third-order valence-electron chi connectivity index (χ3n) is 4.74. The number of nitrogens with zero attached hydrogens (tertiary/aromatic N) is 3. The minimum Gasteiger partial charge on any atom is -0.315 e.